The Morgan fingerprint density at radius 2 is 2.14 bits per heavy atom. The number of aromatic nitrogens is 1. The summed E-state index contributed by atoms with van der Waals surface area (Å²) in [6.45, 7) is 3.85. The minimum absolute atomic E-state index is 0.223. The normalized spacial score (nSPS) is 12.2. The molecule has 0 bridgehead atoms. The topological polar surface area (TPSA) is 75.4 Å². The van der Waals surface area contributed by atoms with Crippen LogP contribution in [0, 0.1) is 6.92 Å². The van der Waals surface area contributed by atoms with E-state index in [0.29, 0.717) is 23.4 Å². The number of nitrogens with one attached hydrogen (secondary N) is 1. The standard InChI is InChI=1S/C16H20N2O3/c1-4-12-15(16(20)17-3)14(21-18-12)9-13(19)11-8-6-5-7-10(11)2/h5-8,13,19H,4,9H2,1-3H3,(H,17,20). The van der Waals surface area contributed by atoms with Crippen molar-refractivity contribution in [1.82, 2.24) is 10.5 Å². The van der Waals surface area contributed by atoms with Gasteiger partial charge in [0.15, 0.2) is 5.76 Å². The molecule has 0 fully saturated rings. The van der Waals surface area contributed by atoms with Gasteiger partial charge in [0.2, 0.25) is 0 Å². The number of hydrogen-bond acceptors (Lipinski definition) is 4. The highest BCUT2D eigenvalue weighted by molar-refractivity contribution is 5.96. The van der Waals surface area contributed by atoms with Crippen molar-refractivity contribution in [1.29, 1.82) is 0 Å². The molecule has 1 atom stereocenters. The Bertz CT molecular complexity index is 634. The molecule has 5 nitrogen and oxygen atoms in total. The van der Waals surface area contributed by atoms with E-state index in [1.54, 1.807) is 7.05 Å². The van der Waals surface area contributed by atoms with Gasteiger partial charge in [-0.1, -0.05) is 36.3 Å². The van der Waals surface area contributed by atoms with Crippen LogP contribution in [0.1, 0.15) is 46.0 Å². The molecule has 0 aliphatic heterocycles. The number of benzene rings is 1. The first-order valence-electron chi connectivity index (χ1n) is 7.01. The highest BCUT2D eigenvalue weighted by Crippen LogP contribution is 2.24. The zero-order chi connectivity index (χ0) is 15.4. The summed E-state index contributed by atoms with van der Waals surface area (Å²) >= 11 is 0. The number of amides is 1. The summed E-state index contributed by atoms with van der Waals surface area (Å²) in [7, 11) is 1.57. The number of hydrogen-bond donors (Lipinski definition) is 2. The Balaban J connectivity index is 2.30. The molecule has 1 aromatic heterocycles. The van der Waals surface area contributed by atoms with Crippen LogP contribution in [0.3, 0.4) is 0 Å². The summed E-state index contributed by atoms with van der Waals surface area (Å²) in [5.74, 6) is 0.182. The van der Waals surface area contributed by atoms with Gasteiger partial charge in [0.1, 0.15) is 5.56 Å². The van der Waals surface area contributed by atoms with Crippen molar-refractivity contribution in [3.8, 4) is 0 Å². The summed E-state index contributed by atoms with van der Waals surface area (Å²) in [4.78, 5) is 12.0. The summed E-state index contributed by atoms with van der Waals surface area (Å²) in [5, 5.41) is 16.9. The minimum atomic E-state index is -0.729. The van der Waals surface area contributed by atoms with E-state index in [1.807, 2.05) is 38.1 Å². The second-order valence-electron chi connectivity index (χ2n) is 4.94. The van der Waals surface area contributed by atoms with Crippen LogP contribution in [-0.2, 0) is 12.8 Å². The Kier molecular flexibility index (Phi) is 4.75. The molecule has 2 rings (SSSR count). The third-order valence-electron chi connectivity index (χ3n) is 3.55. The van der Waals surface area contributed by atoms with Crippen molar-refractivity contribution in [3.63, 3.8) is 0 Å². The van der Waals surface area contributed by atoms with Gasteiger partial charge in [-0.3, -0.25) is 4.79 Å². The number of aryl methyl sites for hydroxylation is 2. The largest absolute Gasteiger partial charge is 0.388 e. The molecule has 5 heteroatoms. The molecule has 0 radical (unpaired) electrons. The van der Waals surface area contributed by atoms with E-state index < -0.39 is 6.10 Å². The van der Waals surface area contributed by atoms with Crippen molar-refractivity contribution < 1.29 is 14.4 Å². The van der Waals surface area contributed by atoms with Gasteiger partial charge >= 0.3 is 0 Å². The number of aliphatic hydroxyl groups is 1. The Hall–Kier alpha value is -2.14. The zero-order valence-electron chi connectivity index (χ0n) is 12.5. The first-order chi connectivity index (χ1) is 10.1. The Labute approximate surface area is 124 Å². The lowest BCUT2D eigenvalue weighted by atomic mass is 9.98. The highest BCUT2D eigenvalue weighted by atomic mass is 16.5. The molecule has 0 saturated carbocycles. The van der Waals surface area contributed by atoms with Crippen LogP contribution in [-0.4, -0.2) is 23.2 Å². The first kappa shape index (κ1) is 15.3. The fraction of sp³-hybridized carbons (Fsp3) is 0.375. The molecule has 112 valence electrons. The third kappa shape index (κ3) is 3.13. The van der Waals surface area contributed by atoms with Gasteiger partial charge in [-0.25, -0.2) is 0 Å². The molecular weight excluding hydrogens is 268 g/mol. The van der Waals surface area contributed by atoms with E-state index in [2.05, 4.69) is 10.5 Å². The van der Waals surface area contributed by atoms with Gasteiger partial charge in [-0.15, -0.1) is 0 Å². The molecule has 2 N–H and O–H groups in total. The van der Waals surface area contributed by atoms with Crippen molar-refractivity contribution in [2.45, 2.75) is 32.8 Å². The summed E-state index contributed by atoms with van der Waals surface area (Å²) in [5.41, 5.74) is 2.88. The molecular formula is C16H20N2O3. The number of carbonyl (C=O) groups is 1. The van der Waals surface area contributed by atoms with Gasteiger partial charge in [-0.05, 0) is 24.5 Å². The average Bonchev–Trinajstić information content (AvgIpc) is 2.89. The van der Waals surface area contributed by atoms with Crippen molar-refractivity contribution in [3.05, 3.63) is 52.4 Å². The SMILES string of the molecule is CCc1noc(CC(O)c2ccccc2C)c1C(=O)NC. The molecule has 0 saturated heterocycles. The molecule has 1 unspecified atom stereocenters. The predicted octanol–water partition coefficient (Wildman–Crippen LogP) is 2.18. The first-order valence-corrected chi connectivity index (χ1v) is 7.01. The fourth-order valence-corrected chi connectivity index (χ4v) is 2.37. The van der Waals surface area contributed by atoms with Crippen LogP contribution in [0.15, 0.2) is 28.8 Å². The molecule has 1 aromatic carbocycles. The van der Waals surface area contributed by atoms with Gasteiger partial charge in [0, 0.05) is 13.5 Å². The van der Waals surface area contributed by atoms with E-state index in [4.69, 9.17) is 4.52 Å². The van der Waals surface area contributed by atoms with Gasteiger partial charge in [-0.2, -0.15) is 0 Å². The molecule has 2 aromatic rings. The minimum Gasteiger partial charge on any atom is -0.388 e. The lowest BCUT2D eigenvalue weighted by Gasteiger charge is -2.12. The van der Waals surface area contributed by atoms with Crippen LogP contribution >= 0.6 is 0 Å². The van der Waals surface area contributed by atoms with Gasteiger partial charge in [0.25, 0.3) is 5.91 Å². The van der Waals surface area contributed by atoms with E-state index in [-0.39, 0.29) is 12.3 Å². The van der Waals surface area contributed by atoms with E-state index in [0.717, 1.165) is 11.1 Å². The van der Waals surface area contributed by atoms with Crippen LogP contribution in [0.25, 0.3) is 0 Å². The second-order valence-corrected chi connectivity index (χ2v) is 4.94. The summed E-state index contributed by atoms with van der Waals surface area (Å²) in [6, 6.07) is 7.61. The van der Waals surface area contributed by atoms with Gasteiger partial charge in [0.05, 0.1) is 11.8 Å². The molecule has 1 amide bonds. The van der Waals surface area contributed by atoms with Crippen LogP contribution < -0.4 is 5.32 Å². The molecule has 0 spiro atoms. The number of aliphatic hydroxyl groups excluding tert-OH is 1. The molecule has 21 heavy (non-hydrogen) atoms. The predicted molar refractivity (Wildman–Crippen MR) is 79.1 cm³/mol. The summed E-state index contributed by atoms with van der Waals surface area (Å²) in [6.07, 6.45) is 0.0973. The van der Waals surface area contributed by atoms with Crippen LogP contribution in [0.4, 0.5) is 0 Å². The highest BCUT2D eigenvalue weighted by Gasteiger charge is 2.24. The lowest BCUT2D eigenvalue weighted by Crippen LogP contribution is -2.20. The average molecular weight is 288 g/mol. The van der Waals surface area contributed by atoms with Crippen LogP contribution in [0.5, 0.6) is 0 Å². The number of nitrogens with zero attached hydrogens (tertiary/aromatic N) is 1. The lowest BCUT2D eigenvalue weighted by molar-refractivity contribution is 0.0958. The zero-order valence-corrected chi connectivity index (χ0v) is 12.5. The quantitative estimate of drug-likeness (QED) is 0.884. The third-order valence-corrected chi connectivity index (χ3v) is 3.55. The Morgan fingerprint density at radius 3 is 2.76 bits per heavy atom. The Morgan fingerprint density at radius 1 is 1.43 bits per heavy atom. The smallest absolute Gasteiger partial charge is 0.256 e. The number of carbonyl (C=O) groups excluding carboxylic acids is 1. The maximum absolute atomic E-state index is 12.0. The summed E-state index contributed by atoms with van der Waals surface area (Å²) < 4.78 is 5.27. The fourth-order valence-electron chi connectivity index (χ4n) is 2.37. The molecule has 0 aliphatic rings. The maximum atomic E-state index is 12.0. The number of rotatable bonds is 5. The monoisotopic (exact) mass is 288 g/mol. The van der Waals surface area contributed by atoms with Crippen LogP contribution in [0.2, 0.25) is 0 Å². The molecule has 0 aliphatic carbocycles. The van der Waals surface area contributed by atoms with Crippen molar-refractivity contribution >= 4 is 5.91 Å². The molecule has 1 heterocycles. The van der Waals surface area contributed by atoms with Crippen molar-refractivity contribution in [2.75, 3.05) is 7.05 Å². The van der Waals surface area contributed by atoms with E-state index >= 15 is 0 Å². The van der Waals surface area contributed by atoms with Crippen molar-refractivity contribution in [2.24, 2.45) is 0 Å². The van der Waals surface area contributed by atoms with E-state index in [9.17, 15) is 9.90 Å². The maximum Gasteiger partial charge on any atom is 0.256 e. The second kappa shape index (κ2) is 6.54. The van der Waals surface area contributed by atoms with E-state index in [1.165, 1.54) is 0 Å². The van der Waals surface area contributed by atoms with Gasteiger partial charge < -0.3 is 14.9 Å².